The molecule has 1 atom stereocenters. The fourth-order valence-corrected chi connectivity index (χ4v) is 2.87. The van der Waals surface area contributed by atoms with Crippen LogP contribution in [0.1, 0.15) is 38.1 Å². The molecular formula is C14H24ClN3O. The largest absolute Gasteiger partial charge is 0.375 e. The summed E-state index contributed by atoms with van der Waals surface area (Å²) >= 11 is 6.35. The van der Waals surface area contributed by atoms with E-state index in [0.717, 1.165) is 49.1 Å². The maximum Gasteiger partial charge on any atom is 0.0900 e. The van der Waals surface area contributed by atoms with E-state index in [2.05, 4.69) is 24.3 Å². The second kappa shape index (κ2) is 7.27. The molecule has 1 N–H and O–H groups in total. The lowest BCUT2D eigenvalue weighted by atomic mass is 10.0. The summed E-state index contributed by atoms with van der Waals surface area (Å²) in [5, 5.41) is 8.70. The van der Waals surface area contributed by atoms with E-state index >= 15 is 0 Å². The maximum atomic E-state index is 6.35. The number of hydrogen-bond acceptors (Lipinski definition) is 3. The van der Waals surface area contributed by atoms with Crippen molar-refractivity contribution in [3.8, 4) is 0 Å². The molecule has 19 heavy (non-hydrogen) atoms. The van der Waals surface area contributed by atoms with E-state index in [1.165, 1.54) is 12.8 Å². The number of aryl methyl sites for hydroxylation is 2. The fourth-order valence-electron chi connectivity index (χ4n) is 2.54. The molecule has 1 aromatic rings. The summed E-state index contributed by atoms with van der Waals surface area (Å²) in [6.07, 6.45) is 3.38. The van der Waals surface area contributed by atoms with Crippen LogP contribution in [0.15, 0.2) is 0 Å². The molecule has 1 unspecified atom stereocenters. The van der Waals surface area contributed by atoms with E-state index < -0.39 is 0 Å². The van der Waals surface area contributed by atoms with Crippen molar-refractivity contribution in [2.75, 3.05) is 19.7 Å². The van der Waals surface area contributed by atoms with Gasteiger partial charge in [-0.05, 0) is 38.6 Å². The van der Waals surface area contributed by atoms with Gasteiger partial charge in [-0.25, -0.2) is 0 Å². The zero-order valence-electron chi connectivity index (χ0n) is 11.9. The molecule has 0 bridgehead atoms. The van der Waals surface area contributed by atoms with Crippen LogP contribution < -0.4 is 5.32 Å². The summed E-state index contributed by atoms with van der Waals surface area (Å²) in [6, 6.07) is 0. The molecule has 2 rings (SSSR count). The minimum atomic E-state index is 0.566. The molecule has 4 nitrogen and oxygen atoms in total. The molecule has 1 fully saturated rings. The first kappa shape index (κ1) is 14.8. The van der Waals surface area contributed by atoms with Crippen LogP contribution in [0.25, 0.3) is 0 Å². The molecule has 0 saturated carbocycles. The van der Waals surface area contributed by atoms with Gasteiger partial charge in [-0.15, -0.1) is 0 Å². The first-order chi connectivity index (χ1) is 9.26. The summed E-state index contributed by atoms with van der Waals surface area (Å²) in [7, 11) is 0. The lowest BCUT2D eigenvalue weighted by Crippen LogP contribution is -2.32. The maximum absolute atomic E-state index is 6.35. The highest BCUT2D eigenvalue weighted by Crippen LogP contribution is 2.22. The first-order valence-electron chi connectivity index (χ1n) is 7.28. The topological polar surface area (TPSA) is 39.1 Å². The Hall–Kier alpha value is -0.580. The number of nitrogens with zero attached hydrogens (tertiary/aromatic N) is 2. The van der Waals surface area contributed by atoms with Gasteiger partial charge < -0.3 is 10.1 Å². The van der Waals surface area contributed by atoms with Crippen LogP contribution in [0, 0.1) is 5.92 Å². The third-order valence-corrected chi connectivity index (χ3v) is 4.12. The van der Waals surface area contributed by atoms with Crippen LogP contribution in [-0.4, -0.2) is 29.5 Å². The van der Waals surface area contributed by atoms with Crippen LogP contribution in [0.3, 0.4) is 0 Å². The smallest absolute Gasteiger partial charge is 0.0900 e. The zero-order valence-corrected chi connectivity index (χ0v) is 12.7. The van der Waals surface area contributed by atoms with E-state index in [9.17, 15) is 0 Å². The van der Waals surface area contributed by atoms with Crippen molar-refractivity contribution in [3.63, 3.8) is 0 Å². The fraction of sp³-hybridized carbons (Fsp3) is 0.786. The Morgan fingerprint density at radius 2 is 2.32 bits per heavy atom. The second-order valence-electron chi connectivity index (χ2n) is 5.10. The zero-order chi connectivity index (χ0) is 13.7. The van der Waals surface area contributed by atoms with Gasteiger partial charge in [0.15, 0.2) is 0 Å². The van der Waals surface area contributed by atoms with E-state index in [0.29, 0.717) is 12.5 Å². The average molecular weight is 286 g/mol. The predicted molar refractivity (Wildman–Crippen MR) is 77.5 cm³/mol. The van der Waals surface area contributed by atoms with Gasteiger partial charge in [0, 0.05) is 13.1 Å². The Morgan fingerprint density at radius 1 is 1.47 bits per heavy atom. The second-order valence-corrected chi connectivity index (χ2v) is 5.48. The summed E-state index contributed by atoms with van der Waals surface area (Å²) in [4.78, 5) is 0. The van der Waals surface area contributed by atoms with Gasteiger partial charge in [0.1, 0.15) is 0 Å². The number of piperidine rings is 1. The van der Waals surface area contributed by atoms with Crippen molar-refractivity contribution in [2.45, 2.75) is 46.3 Å². The van der Waals surface area contributed by atoms with Gasteiger partial charge >= 0.3 is 0 Å². The number of ether oxygens (including phenoxy) is 1. The van der Waals surface area contributed by atoms with Gasteiger partial charge in [-0.2, -0.15) is 5.10 Å². The van der Waals surface area contributed by atoms with Gasteiger partial charge in [0.2, 0.25) is 0 Å². The van der Waals surface area contributed by atoms with Gasteiger partial charge in [0.25, 0.3) is 0 Å². The van der Waals surface area contributed by atoms with E-state index in [1.807, 2.05) is 4.68 Å². The van der Waals surface area contributed by atoms with Crippen molar-refractivity contribution in [1.82, 2.24) is 15.1 Å². The Labute approximate surface area is 120 Å². The summed E-state index contributed by atoms with van der Waals surface area (Å²) < 4.78 is 7.81. The monoisotopic (exact) mass is 285 g/mol. The number of nitrogens with one attached hydrogen (secondary N) is 1. The first-order valence-corrected chi connectivity index (χ1v) is 7.66. The third-order valence-electron chi connectivity index (χ3n) is 3.69. The number of halogens is 1. The highest BCUT2D eigenvalue weighted by Gasteiger charge is 2.16. The normalized spacial score (nSPS) is 19.8. The van der Waals surface area contributed by atoms with Gasteiger partial charge in [-0.1, -0.05) is 18.5 Å². The van der Waals surface area contributed by atoms with Crippen molar-refractivity contribution in [1.29, 1.82) is 0 Å². The van der Waals surface area contributed by atoms with E-state index in [-0.39, 0.29) is 0 Å². The molecule has 5 heteroatoms. The standard InChI is InChI=1S/C14H24ClN3O/c1-3-12-14(15)13(18(4-2)17-12)10-19-9-11-6-5-7-16-8-11/h11,16H,3-10H2,1-2H3. The molecule has 2 heterocycles. The SMILES string of the molecule is CCc1nn(CC)c(COCC2CCCNC2)c1Cl. The molecule has 1 aromatic heterocycles. The minimum absolute atomic E-state index is 0.566. The highest BCUT2D eigenvalue weighted by molar-refractivity contribution is 6.31. The van der Waals surface area contributed by atoms with Crippen molar-refractivity contribution >= 4 is 11.6 Å². The predicted octanol–water partition coefficient (Wildman–Crippen LogP) is 2.64. The molecule has 0 aliphatic carbocycles. The van der Waals surface area contributed by atoms with E-state index in [4.69, 9.17) is 16.3 Å². The molecule has 1 aliphatic rings. The lowest BCUT2D eigenvalue weighted by molar-refractivity contribution is 0.0741. The molecule has 0 radical (unpaired) electrons. The van der Waals surface area contributed by atoms with Crippen LogP contribution in [0.2, 0.25) is 5.02 Å². The Kier molecular flexibility index (Phi) is 5.67. The molecule has 108 valence electrons. The number of hydrogen-bond donors (Lipinski definition) is 1. The number of rotatable bonds is 6. The number of aromatic nitrogens is 2. The molecule has 1 aliphatic heterocycles. The quantitative estimate of drug-likeness (QED) is 0.873. The Balaban J connectivity index is 1.89. The van der Waals surface area contributed by atoms with Gasteiger partial charge in [0.05, 0.1) is 29.6 Å². The van der Waals surface area contributed by atoms with E-state index in [1.54, 1.807) is 0 Å². The molecular weight excluding hydrogens is 262 g/mol. The molecule has 1 saturated heterocycles. The molecule has 0 spiro atoms. The van der Waals surface area contributed by atoms with Crippen LogP contribution >= 0.6 is 11.6 Å². The van der Waals surface area contributed by atoms with Gasteiger partial charge in [-0.3, -0.25) is 4.68 Å². The van der Waals surface area contributed by atoms with Crippen molar-refractivity contribution in [3.05, 3.63) is 16.4 Å². The Bertz CT molecular complexity index is 400. The molecule has 0 aromatic carbocycles. The van der Waals surface area contributed by atoms with Crippen LogP contribution in [0.5, 0.6) is 0 Å². The van der Waals surface area contributed by atoms with Crippen LogP contribution in [0.4, 0.5) is 0 Å². The minimum Gasteiger partial charge on any atom is -0.375 e. The molecule has 0 amide bonds. The third kappa shape index (κ3) is 3.71. The van der Waals surface area contributed by atoms with Crippen molar-refractivity contribution in [2.24, 2.45) is 5.92 Å². The highest BCUT2D eigenvalue weighted by atomic mass is 35.5. The average Bonchev–Trinajstić information content (AvgIpc) is 2.76. The summed E-state index contributed by atoms with van der Waals surface area (Å²) in [6.45, 7) is 8.58. The Morgan fingerprint density at radius 3 is 2.95 bits per heavy atom. The van der Waals surface area contributed by atoms with Crippen LogP contribution in [-0.2, 0) is 24.3 Å². The van der Waals surface area contributed by atoms with Crippen molar-refractivity contribution < 1.29 is 4.74 Å². The lowest BCUT2D eigenvalue weighted by Gasteiger charge is -2.22. The summed E-state index contributed by atoms with van der Waals surface area (Å²) in [5.41, 5.74) is 1.99. The summed E-state index contributed by atoms with van der Waals surface area (Å²) in [5.74, 6) is 0.635.